The van der Waals surface area contributed by atoms with Gasteiger partial charge in [0.05, 0.1) is 12.5 Å². The van der Waals surface area contributed by atoms with Crippen molar-refractivity contribution in [3.8, 4) is 5.75 Å². The minimum atomic E-state index is -1.63. The van der Waals surface area contributed by atoms with Crippen LogP contribution in [-0.4, -0.2) is 69.9 Å². The van der Waals surface area contributed by atoms with E-state index in [1.165, 1.54) is 24.3 Å². The van der Waals surface area contributed by atoms with Crippen molar-refractivity contribution in [1.29, 1.82) is 0 Å². The van der Waals surface area contributed by atoms with Crippen molar-refractivity contribution in [1.82, 2.24) is 16.0 Å². The zero-order valence-corrected chi connectivity index (χ0v) is 21.3. The van der Waals surface area contributed by atoms with Crippen molar-refractivity contribution < 1.29 is 39.0 Å². The van der Waals surface area contributed by atoms with Gasteiger partial charge < -0.3 is 43.4 Å². The van der Waals surface area contributed by atoms with E-state index in [0.717, 1.165) is 0 Å². The number of aromatic hydroxyl groups is 1. The molecule has 0 aliphatic heterocycles. The quantitative estimate of drug-likeness (QED) is 0.116. The summed E-state index contributed by atoms with van der Waals surface area (Å²) in [5.41, 5.74) is 16.5. The number of hydrogen-bond donors (Lipinski definition) is 8. The van der Waals surface area contributed by atoms with Crippen LogP contribution in [0.2, 0.25) is 0 Å². The molecule has 38 heavy (non-hydrogen) atoms. The normalized spacial score (nSPS) is 14.7. The predicted molar refractivity (Wildman–Crippen MR) is 135 cm³/mol. The van der Waals surface area contributed by atoms with Crippen LogP contribution in [0.5, 0.6) is 5.75 Å². The van der Waals surface area contributed by atoms with E-state index in [0.29, 0.717) is 12.0 Å². The lowest BCUT2D eigenvalue weighted by molar-refractivity contribution is -0.143. The van der Waals surface area contributed by atoms with Gasteiger partial charge in [-0.2, -0.15) is 0 Å². The number of rotatable bonds is 16. The van der Waals surface area contributed by atoms with Gasteiger partial charge in [-0.1, -0.05) is 32.4 Å². The average Bonchev–Trinajstić information content (AvgIpc) is 2.84. The average molecular weight is 537 g/mol. The predicted octanol–water partition coefficient (Wildman–Crippen LogP) is -2.01. The molecule has 14 heteroatoms. The molecule has 1 aromatic carbocycles. The Morgan fingerprint density at radius 3 is 1.95 bits per heavy atom. The Bertz CT molecular complexity index is 1020. The van der Waals surface area contributed by atoms with Crippen molar-refractivity contribution >= 4 is 35.5 Å². The molecule has 0 fully saturated rings. The number of carbonyl (C=O) groups excluding carboxylic acids is 5. The Labute approximate surface area is 219 Å². The molecule has 0 spiro atoms. The molecule has 14 nitrogen and oxygen atoms in total. The first-order chi connectivity index (χ1) is 17.7. The topological polar surface area (TPSA) is 257 Å². The summed E-state index contributed by atoms with van der Waals surface area (Å²) in [6.07, 6.45) is -0.475. The van der Waals surface area contributed by atoms with Gasteiger partial charge in [-0.3, -0.25) is 24.0 Å². The maximum atomic E-state index is 13.3. The van der Waals surface area contributed by atoms with Gasteiger partial charge in [-0.05, 0) is 30.0 Å². The van der Waals surface area contributed by atoms with Crippen molar-refractivity contribution in [3.63, 3.8) is 0 Å². The maximum Gasteiger partial charge on any atom is 0.326 e. The molecule has 0 saturated carbocycles. The summed E-state index contributed by atoms with van der Waals surface area (Å²) in [6, 6.07) is 0.563. The molecule has 1 aromatic rings. The van der Waals surface area contributed by atoms with E-state index in [9.17, 15) is 39.0 Å². The molecular formula is C24H36N6O8. The number of amides is 5. The lowest BCUT2D eigenvalue weighted by atomic mass is 9.96. The molecule has 0 bridgehead atoms. The largest absolute Gasteiger partial charge is 0.508 e. The van der Waals surface area contributed by atoms with Crippen LogP contribution in [0.3, 0.4) is 0 Å². The number of phenols is 1. The number of carboxylic acids is 1. The standard InChI is InChI=1S/C24H36N6O8/c1-3-12(2)20(30-21(34)15(25)8-9-18(26)32)23(36)28-16(10-13-4-6-14(31)7-5-13)22(35)29-17(24(37)38)11-19(27)33/h4-7,12,15-17,20,31H,3,8-11,25H2,1-2H3,(H2,26,32)(H2,27,33)(H,28,36)(H,29,35)(H,30,34)(H,37,38). The van der Waals surface area contributed by atoms with Crippen molar-refractivity contribution in [3.05, 3.63) is 29.8 Å². The number of hydrogen-bond acceptors (Lipinski definition) is 8. The van der Waals surface area contributed by atoms with Crippen LogP contribution in [0.15, 0.2) is 24.3 Å². The molecule has 5 atom stereocenters. The van der Waals surface area contributed by atoms with Crippen LogP contribution in [-0.2, 0) is 35.2 Å². The van der Waals surface area contributed by atoms with Crippen LogP contribution in [0.1, 0.15) is 45.1 Å². The summed E-state index contributed by atoms with van der Waals surface area (Å²) in [4.78, 5) is 72.6. The summed E-state index contributed by atoms with van der Waals surface area (Å²) in [7, 11) is 0. The van der Waals surface area contributed by atoms with Crippen LogP contribution in [0.25, 0.3) is 0 Å². The van der Waals surface area contributed by atoms with Gasteiger partial charge >= 0.3 is 5.97 Å². The van der Waals surface area contributed by atoms with Gasteiger partial charge in [-0.15, -0.1) is 0 Å². The fourth-order valence-corrected chi connectivity index (χ4v) is 3.40. The first-order valence-electron chi connectivity index (χ1n) is 12.0. The smallest absolute Gasteiger partial charge is 0.326 e. The van der Waals surface area contributed by atoms with Gasteiger partial charge in [-0.25, -0.2) is 4.79 Å². The van der Waals surface area contributed by atoms with Crippen LogP contribution < -0.4 is 33.2 Å². The van der Waals surface area contributed by atoms with Crippen molar-refractivity contribution in [2.45, 2.75) is 70.1 Å². The van der Waals surface area contributed by atoms with Gasteiger partial charge in [0, 0.05) is 12.8 Å². The number of benzene rings is 1. The van der Waals surface area contributed by atoms with Crippen LogP contribution in [0.4, 0.5) is 0 Å². The number of primary amides is 2. The molecule has 0 aliphatic carbocycles. The molecule has 5 unspecified atom stereocenters. The minimum Gasteiger partial charge on any atom is -0.508 e. The third-order valence-corrected chi connectivity index (χ3v) is 5.86. The summed E-state index contributed by atoms with van der Waals surface area (Å²) in [5.74, 6) is -5.87. The molecule has 0 aromatic heterocycles. The molecule has 0 saturated heterocycles. The maximum absolute atomic E-state index is 13.3. The molecule has 11 N–H and O–H groups in total. The third kappa shape index (κ3) is 10.8. The molecule has 210 valence electrons. The Morgan fingerprint density at radius 1 is 0.868 bits per heavy atom. The second-order valence-electron chi connectivity index (χ2n) is 8.98. The highest BCUT2D eigenvalue weighted by atomic mass is 16.4. The number of carboxylic acid groups (broad SMARTS) is 1. The zero-order valence-electron chi connectivity index (χ0n) is 21.3. The Balaban J connectivity index is 3.17. The highest BCUT2D eigenvalue weighted by molar-refractivity contribution is 5.95. The Hall–Kier alpha value is -4.20. The van der Waals surface area contributed by atoms with E-state index >= 15 is 0 Å². The highest BCUT2D eigenvalue weighted by Crippen LogP contribution is 2.13. The zero-order chi connectivity index (χ0) is 29.0. The van der Waals surface area contributed by atoms with E-state index in [1.807, 2.05) is 0 Å². The fourth-order valence-electron chi connectivity index (χ4n) is 3.40. The summed E-state index contributed by atoms with van der Waals surface area (Å²) >= 11 is 0. The SMILES string of the molecule is CCC(C)C(NC(=O)C(N)CCC(N)=O)C(=O)NC(Cc1ccc(O)cc1)C(=O)NC(CC(N)=O)C(=O)O. The van der Waals surface area contributed by atoms with Gasteiger partial charge in [0.25, 0.3) is 0 Å². The van der Waals surface area contributed by atoms with Crippen LogP contribution in [0, 0.1) is 5.92 Å². The summed E-state index contributed by atoms with van der Waals surface area (Å²) in [5, 5.41) is 26.2. The van der Waals surface area contributed by atoms with E-state index < -0.39 is 72.0 Å². The minimum absolute atomic E-state index is 0.0293. The second-order valence-corrected chi connectivity index (χ2v) is 8.98. The van der Waals surface area contributed by atoms with Gasteiger partial charge in [0.2, 0.25) is 29.5 Å². The third-order valence-electron chi connectivity index (χ3n) is 5.86. The molecule has 5 amide bonds. The van der Waals surface area contributed by atoms with E-state index in [1.54, 1.807) is 13.8 Å². The fraction of sp³-hybridized carbons (Fsp3) is 0.500. The Kier molecular flexibility index (Phi) is 12.7. The Morgan fingerprint density at radius 2 is 1.45 bits per heavy atom. The second kappa shape index (κ2) is 15.1. The van der Waals surface area contributed by atoms with Crippen LogP contribution >= 0.6 is 0 Å². The molecule has 0 aliphatic rings. The highest BCUT2D eigenvalue weighted by Gasteiger charge is 2.33. The monoisotopic (exact) mass is 536 g/mol. The summed E-state index contributed by atoms with van der Waals surface area (Å²) in [6.45, 7) is 3.48. The van der Waals surface area contributed by atoms with Crippen molar-refractivity contribution in [2.24, 2.45) is 23.1 Å². The summed E-state index contributed by atoms with van der Waals surface area (Å²) < 4.78 is 0. The lowest BCUT2D eigenvalue weighted by Crippen LogP contribution is -2.59. The number of carbonyl (C=O) groups is 6. The first kappa shape index (κ1) is 31.8. The van der Waals surface area contributed by atoms with Gasteiger partial charge in [0.1, 0.15) is 23.9 Å². The molecule has 0 radical (unpaired) electrons. The first-order valence-corrected chi connectivity index (χ1v) is 12.0. The molecular weight excluding hydrogens is 500 g/mol. The van der Waals surface area contributed by atoms with Crippen molar-refractivity contribution in [2.75, 3.05) is 0 Å². The van der Waals surface area contributed by atoms with E-state index in [-0.39, 0.29) is 25.0 Å². The van der Waals surface area contributed by atoms with E-state index in [4.69, 9.17) is 17.2 Å². The molecule has 1 rings (SSSR count). The number of nitrogens with two attached hydrogens (primary N) is 3. The number of nitrogens with one attached hydrogen (secondary N) is 3. The van der Waals surface area contributed by atoms with E-state index in [2.05, 4.69) is 16.0 Å². The number of aliphatic carboxylic acids is 1. The number of phenolic OH excluding ortho intramolecular Hbond substituents is 1. The van der Waals surface area contributed by atoms with Gasteiger partial charge in [0.15, 0.2) is 0 Å². The molecule has 0 heterocycles. The lowest BCUT2D eigenvalue weighted by Gasteiger charge is -2.28.